The maximum absolute atomic E-state index is 12.3. The average Bonchev–Trinajstić information content (AvgIpc) is 2.50. The van der Waals surface area contributed by atoms with Crippen molar-refractivity contribution in [3.8, 4) is 0 Å². The molecule has 3 rings (SSSR count). The molecule has 0 aliphatic heterocycles. The molecule has 0 radical (unpaired) electrons. The largest absolute Gasteiger partial charge is 0.294 e. The van der Waals surface area contributed by atoms with Crippen molar-refractivity contribution in [2.75, 3.05) is 0 Å². The predicted octanol–water partition coefficient (Wildman–Crippen LogP) is 3.19. The van der Waals surface area contributed by atoms with Gasteiger partial charge in [0.2, 0.25) is 0 Å². The van der Waals surface area contributed by atoms with Crippen molar-refractivity contribution in [2.24, 2.45) is 11.3 Å². The summed E-state index contributed by atoms with van der Waals surface area (Å²) in [5.41, 5.74) is 2.71. The summed E-state index contributed by atoms with van der Waals surface area (Å²) in [6, 6.07) is 0. The highest BCUT2D eigenvalue weighted by atomic mass is 16.1. The second-order valence-electron chi connectivity index (χ2n) is 5.08. The van der Waals surface area contributed by atoms with Gasteiger partial charge in [0.1, 0.15) is 0 Å². The van der Waals surface area contributed by atoms with E-state index in [-0.39, 0.29) is 11.3 Å². The zero-order valence-electron chi connectivity index (χ0n) is 9.12. The van der Waals surface area contributed by atoms with Gasteiger partial charge in [-0.2, -0.15) is 0 Å². The minimum atomic E-state index is 0.145. The topological polar surface area (TPSA) is 17.1 Å². The Morgan fingerprint density at radius 1 is 1.20 bits per heavy atom. The van der Waals surface area contributed by atoms with Crippen molar-refractivity contribution in [1.82, 2.24) is 0 Å². The van der Waals surface area contributed by atoms with Gasteiger partial charge in [0, 0.05) is 11.3 Å². The van der Waals surface area contributed by atoms with E-state index in [2.05, 4.69) is 31.2 Å². The van der Waals surface area contributed by atoms with Gasteiger partial charge in [0.25, 0.3) is 0 Å². The molecule has 0 spiro atoms. The summed E-state index contributed by atoms with van der Waals surface area (Å²) in [6.45, 7) is 2.28. The maximum Gasteiger partial charge on any atom is 0.163 e. The Labute approximate surface area is 90.6 Å². The second-order valence-corrected chi connectivity index (χ2v) is 5.08. The predicted molar refractivity (Wildman–Crippen MR) is 60.4 cm³/mol. The molecule has 15 heavy (non-hydrogen) atoms. The van der Waals surface area contributed by atoms with E-state index in [9.17, 15) is 4.79 Å². The molecule has 0 fully saturated rings. The molecule has 0 heterocycles. The smallest absolute Gasteiger partial charge is 0.163 e. The van der Waals surface area contributed by atoms with E-state index in [0.717, 1.165) is 31.3 Å². The lowest BCUT2D eigenvalue weighted by atomic mass is 9.68. The molecule has 0 aromatic rings. The van der Waals surface area contributed by atoms with Crippen LogP contribution < -0.4 is 0 Å². The van der Waals surface area contributed by atoms with Gasteiger partial charge < -0.3 is 0 Å². The normalized spacial score (nSPS) is 38.2. The van der Waals surface area contributed by atoms with E-state index in [1.165, 1.54) is 5.57 Å². The molecule has 0 bridgehead atoms. The third-order valence-electron chi connectivity index (χ3n) is 4.33. The van der Waals surface area contributed by atoms with Crippen LogP contribution >= 0.6 is 0 Å². The molecule has 3 aliphatic carbocycles. The minimum absolute atomic E-state index is 0.145. The Bertz CT molecular complexity index is 411. The van der Waals surface area contributed by atoms with E-state index in [4.69, 9.17) is 0 Å². The molecule has 0 aromatic heterocycles. The monoisotopic (exact) mass is 200 g/mol. The Kier molecular flexibility index (Phi) is 1.79. The lowest BCUT2D eigenvalue weighted by Crippen LogP contribution is -2.30. The van der Waals surface area contributed by atoms with E-state index in [1.807, 2.05) is 0 Å². The summed E-state index contributed by atoms with van der Waals surface area (Å²) in [5.74, 6) is 0.675. The number of fused-ring (bicyclic) bond motifs is 2. The van der Waals surface area contributed by atoms with Crippen molar-refractivity contribution in [3.63, 3.8) is 0 Å². The van der Waals surface area contributed by atoms with Crippen molar-refractivity contribution in [3.05, 3.63) is 35.5 Å². The number of carbonyl (C=O) groups excluding carboxylic acids is 1. The van der Waals surface area contributed by atoms with E-state index < -0.39 is 0 Å². The lowest BCUT2D eigenvalue weighted by molar-refractivity contribution is -0.120. The Balaban J connectivity index is 2.09. The summed E-state index contributed by atoms with van der Waals surface area (Å²) >= 11 is 0. The number of hydrogen-bond donors (Lipinski definition) is 0. The second kappa shape index (κ2) is 2.94. The summed E-state index contributed by atoms with van der Waals surface area (Å²) in [5, 5.41) is 0. The molecule has 78 valence electrons. The van der Waals surface area contributed by atoms with Crippen LogP contribution in [0.3, 0.4) is 0 Å². The van der Waals surface area contributed by atoms with Crippen LogP contribution in [0.1, 0.15) is 32.6 Å². The van der Waals surface area contributed by atoms with E-state index in [1.54, 1.807) is 0 Å². The maximum atomic E-state index is 12.3. The first-order chi connectivity index (χ1) is 7.23. The highest BCUT2D eigenvalue weighted by Crippen LogP contribution is 2.54. The van der Waals surface area contributed by atoms with Gasteiger partial charge in [0.05, 0.1) is 0 Å². The van der Waals surface area contributed by atoms with Crippen LogP contribution in [0.5, 0.6) is 0 Å². The van der Waals surface area contributed by atoms with Crippen LogP contribution in [-0.2, 0) is 4.79 Å². The Morgan fingerprint density at radius 2 is 2.00 bits per heavy atom. The molecule has 3 aliphatic rings. The first-order valence-corrected chi connectivity index (χ1v) is 5.80. The van der Waals surface area contributed by atoms with Crippen LogP contribution in [0.15, 0.2) is 35.5 Å². The van der Waals surface area contributed by atoms with Gasteiger partial charge in [-0.1, -0.05) is 36.8 Å². The molecule has 0 saturated carbocycles. The molecular weight excluding hydrogens is 184 g/mol. The highest BCUT2D eigenvalue weighted by molar-refractivity contribution is 6.02. The summed E-state index contributed by atoms with van der Waals surface area (Å²) in [6.07, 6.45) is 12.7. The first kappa shape index (κ1) is 9.14. The number of carbonyl (C=O) groups is 1. The van der Waals surface area contributed by atoms with Crippen LogP contribution in [0.4, 0.5) is 0 Å². The van der Waals surface area contributed by atoms with Crippen molar-refractivity contribution < 1.29 is 4.79 Å². The Hall–Kier alpha value is -1.11. The molecule has 1 nitrogen and oxygen atoms in total. The summed E-state index contributed by atoms with van der Waals surface area (Å²) < 4.78 is 0. The molecule has 1 heteroatoms. The van der Waals surface area contributed by atoms with E-state index >= 15 is 0 Å². The molecule has 0 saturated heterocycles. The zero-order chi connectivity index (χ0) is 10.5. The number of allylic oxidation sites excluding steroid dienone is 6. The number of Topliss-reactive ketones (excluding diaryl/α,β-unsaturated/α-hetero) is 1. The SMILES string of the molecule is C[C@]12CC=CC[C@H]1C(=O)C1=C2CC=CC1. The van der Waals surface area contributed by atoms with Gasteiger partial charge in [0.15, 0.2) is 5.78 Å². The molecule has 0 N–H and O–H groups in total. The van der Waals surface area contributed by atoms with E-state index in [0.29, 0.717) is 5.78 Å². The summed E-state index contributed by atoms with van der Waals surface area (Å²) in [4.78, 5) is 12.3. The molecule has 0 aromatic carbocycles. The van der Waals surface area contributed by atoms with Gasteiger partial charge >= 0.3 is 0 Å². The molecule has 0 unspecified atom stereocenters. The summed E-state index contributed by atoms with van der Waals surface area (Å²) in [7, 11) is 0. The van der Waals surface area contributed by atoms with Gasteiger partial charge in [-0.15, -0.1) is 0 Å². The number of rotatable bonds is 0. The average molecular weight is 200 g/mol. The Morgan fingerprint density at radius 3 is 2.87 bits per heavy atom. The van der Waals surface area contributed by atoms with Crippen LogP contribution in [0.2, 0.25) is 0 Å². The minimum Gasteiger partial charge on any atom is -0.294 e. The van der Waals surface area contributed by atoms with Crippen molar-refractivity contribution in [1.29, 1.82) is 0 Å². The molecular formula is C14H16O. The lowest BCUT2D eigenvalue weighted by Gasteiger charge is -2.35. The first-order valence-electron chi connectivity index (χ1n) is 5.80. The van der Waals surface area contributed by atoms with Crippen LogP contribution in [0.25, 0.3) is 0 Å². The van der Waals surface area contributed by atoms with Crippen molar-refractivity contribution in [2.45, 2.75) is 32.6 Å². The quantitative estimate of drug-likeness (QED) is 0.549. The van der Waals surface area contributed by atoms with Gasteiger partial charge in [-0.3, -0.25) is 4.79 Å². The fourth-order valence-electron chi connectivity index (χ4n) is 3.38. The third-order valence-corrected chi connectivity index (χ3v) is 4.33. The zero-order valence-corrected chi connectivity index (χ0v) is 9.12. The number of ketones is 1. The fraction of sp³-hybridized carbons (Fsp3) is 0.500. The van der Waals surface area contributed by atoms with Crippen LogP contribution in [-0.4, -0.2) is 5.78 Å². The standard InChI is InChI=1S/C14H16O/c1-14-9-5-4-8-12(14)13(15)10-6-2-3-7-11(10)14/h2-5,12H,6-9H2,1H3/t12-,14+/m0/s1. The molecule has 0 amide bonds. The molecule has 2 atom stereocenters. The van der Waals surface area contributed by atoms with Crippen molar-refractivity contribution >= 4 is 5.78 Å². The highest BCUT2D eigenvalue weighted by Gasteiger charge is 2.49. The fourth-order valence-corrected chi connectivity index (χ4v) is 3.38. The third kappa shape index (κ3) is 1.06. The van der Waals surface area contributed by atoms with Crippen LogP contribution in [0, 0.1) is 11.3 Å². The van der Waals surface area contributed by atoms with Gasteiger partial charge in [-0.25, -0.2) is 0 Å². The van der Waals surface area contributed by atoms with Gasteiger partial charge in [-0.05, 0) is 31.3 Å². The number of hydrogen-bond acceptors (Lipinski definition) is 1.